The van der Waals surface area contributed by atoms with Crippen molar-refractivity contribution in [2.45, 2.75) is 0 Å². The second-order valence-electron chi connectivity index (χ2n) is 4.80. The summed E-state index contributed by atoms with van der Waals surface area (Å²) in [4.78, 5) is 28.3. The summed E-state index contributed by atoms with van der Waals surface area (Å²) in [6.07, 6.45) is 2.39. The van der Waals surface area contributed by atoms with E-state index in [0.717, 1.165) is 0 Å². The van der Waals surface area contributed by atoms with Gasteiger partial charge in [0.05, 0.1) is 28.2 Å². The quantitative estimate of drug-likeness (QED) is 0.739. The summed E-state index contributed by atoms with van der Waals surface area (Å²) in [6, 6.07) is 8.17. The number of anilines is 1. The number of pyridine rings is 1. The van der Waals surface area contributed by atoms with E-state index in [0.29, 0.717) is 10.9 Å². The highest BCUT2D eigenvalue weighted by molar-refractivity contribution is 6.40. The normalized spacial score (nSPS) is 10.6. The highest BCUT2D eigenvalue weighted by Crippen LogP contribution is 2.28. The predicted octanol–water partition coefficient (Wildman–Crippen LogP) is 4.21. The zero-order valence-corrected chi connectivity index (χ0v) is 13.9. The fourth-order valence-corrected chi connectivity index (χ4v) is 2.87. The van der Waals surface area contributed by atoms with Crippen LogP contribution in [0.1, 0.15) is 10.4 Å². The number of carbonyl (C=O) groups is 2. The summed E-state index contributed by atoms with van der Waals surface area (Å²) >= 11 is 12.2. The average molecular weight is 364 g/mol. The zero-order valence-electron chi connectivity index (χ0n) is 12.4. The van der Waals surface area contributed by atoms with Crippen LogP contribution in [-0.2, 0) is 4.74 Å². The van der Waals surface area contributed by atoms with Crippen molar-refractivity contribution in [3.8, 4) is 0 Å². The van der Waals surface area contributed by atoms with Gasteiger partial charge in [0, 0.05) is 17.8 Å². The van der Waals surface area contributed by atoms with Crippen LogP contribution in [0.15, 0.2) is 42.7 Å². The number of nitrogens with zero attached hydrogens (tertiary/aromatic N) is 2. The lowest BCUT2D eigenvalue weighted by molar-refractivity contribution is 0.0965. The molecule has 0 aliphatic rings. The van der Waals surface area contributed by atoms with Gasteiger partial charge in [0.25, 0.3) is 5.91 Å². The fraction of sp³-hybridized carbons (Fsp3) is 0.0625. The number of halogens is 2. The van der Waals surface area contributed by atoms with E-state index in [9.17, 15) is 9.59 Å². The number of amides is 1. The topological polar surface area (TPSA) is 73.2 Å². The van der Waals surface area contributed by atoms with Crippen LogP contribution in [0.5, 0.6) is 0 Å². The SMILES string of the molecule is COC(=O)Nc1nccc2c1ccn2C(=O)c1c(Cl)cccc1Cl. The maximum atomic E-state index is 12.8. The van der Waals surface area contributed by atoms with E-state index >= 15 is 0 Å². The van der Waals surface area contributed by atoms with Crippen LogP contribution >= 0.6 is 23.2 Å². The molecule has 3 aromatic rings. The molecule has 0 aliphatic carbocycles. The molecule has 0 radical (unpaired) electrons. The molecule has 0 spiro atoms. The average Bonchev–Trinajstić information content (AvgIpc) is 2.99. The Morgan fingerprint density at radius 2 is 1.88 bits per heavy atom. The molecule has 0 aliphatic heterocycles. The molecule has 6 nitrogen and oxygen atoms in total. The van der Waals surface area contributed by atoms with Gasteiger partial charge in [0.2, 0.25) is 0 Å². The van der Waals surface area contributed by atoms with E-state index in [1.807, 2.05) is 0 Å². The standard InChI is InChI=1S/C16H11Cl2N3O3/c1-24-16(23)20-14-9-6-8-21(12(9)5-7-19-14)15(22)13-10(17)3-2-4-11(13)18/h2-8H,1H3,(H,19,20,23). The van der Waals surface area contributed by atoms with Gasteiger partial charge in [0.1, 0.15) is 5.82 Å². The minimum absolute atomic E-state index is 0.206. The van der Waals surface area contributed by atoms with Crippen molar-refractivity contribution in [3.05, 3.63) is 58.3 Å². The van der Waals surface area contributed by atoms with Crippen molar-refractivity contribution >= 4 is 51.9 Å². The molecule has 2 heterocycles. The largest absolute Gasteiger partial charge is 0.453 e. The molecule has 3 rings (SSSR count). The molecule has 0 saturated heterocycles. The number of methoxy groups -OCH3 is 1. The van der Waals surface area contributed by atoms with Crippen molar-refractivity contribution in [2.75, 3.05) is 12.4 Å². The molecule has 0 saturated carbocycles. The molecule has 8 heteroatoms. The third-order valence-corrected chi connectivity index (χ3v) is 4.05. The first-order valence-electron chi connectivity index (χ1n) is 6.82. The number of rotatable bonds is 2. The highest BCUT2D eigenvalue weighted by atomic mass is 35.5. The molecular weight excluding hydrogens is 353 g/mol. The first kappa shape index (κ1) is 16.3. The van der Waals surface area contributed by atoms with Gasteiger partial charge in [-0.15, -0.1) is 0 Å². The summed E-state index contributed by atoms with van der Waals surface area (Å²) in [5.41, 5.74) is 0.759. The number of aromatic nitrogens is 2. The summed E-state index contributed by atoms with van der Waals surface area (Å²) in [5, 5.41) is 3.60. The Morgan fingerprint density at radius 1 is 1.17 bits per heavy atom. The predicted molar refractivity (Wildman–Crippen MR) is 92.0 cm³/mol. The third-order valence-electron chi connectivity index (χ3n) is 3.42. The van der Waals surface area contributed by atoms with Crippen LogP contribution in [0.3, 0.4) is 0 Å². The van der Waals surface area contributed by atoms with Crippen molar-refractivity contribution in [2.24, 2.45) is 0 Å². The Kier molecular flexibility index (Phi) is 4.42. The zero-order chi connectivity index (χ0) is 17.3. The number of ether oxygens (including phenoxy) is 1. The Hall–Kier alpha value is -2.57. The molecule has 0 atom stereocenters. The molecule has 0 bridgehead atoms. The van der Waals surface area contributed by atoms with Gasteiger partial charge >= 0.3 is 6.09 Å². The van der Waals surface area contributed by atoms with Crippen molar-refractivity contribution < 1.29 is 14.3 Å². The summed E-state index contributed by atoms with van der Waals surface area (Å²) in [6.45, 7) is 0. The van der Waals surface area contributed by atoms with Crippen molar-refractivity contribution in [3.63, 3.8) is 0 Å². The second kappa shape index (κ2) is 6.51. The molecule has 0 unspecified atom stereocenters. The van der Waals surface area contributed by atoms with Gasteiger partial charge in [-0.1, -0.05) is 29.3 Å². The molecule has 1 amide bonds. The van der Waals surface area contributed by atoms with E-state index < -0.39 is 6.09 Å². The van der Waals surface area contributed by atoms with Crippen LogP contribution in [-0.4, -0.2) is 28.7 Å². The van der Waals surface area contributed by atoms with Crippen molar-refractivity contribution in [1.29, 1.82) is 0 Å². The number of fused-ring (bicyclic) bond motifs is 1. The lowest BCUT2D eigenvalue weighted by Gasteiger charge is -2.09. The Labute approximate surface area is 146 Å². The molecule has 122 valence electrons. The van der Waals surface area contributed by atoms with Gasteiger partial charge in [-0.05, 0) is 24.3 Å². The van der Waals surface area contributed by atoms with Crippen LogP contribution in [0, 0.1) is 0 Å². The van der Waals surface area contributed by atoms with Gasteiger partial charge in [0.15, 0.2) is 0 Å². The van der Waals surface area contributed by atoms with Crippen LogP contribution in [0.25, 0.3) is 10.9 Å². The Bertz CT molecular complexity index is 933. The van der Waals surface area contributed by atoms with E-state index in [2.05, 4.69) is 15.0 Å². The monoisotopic (exact) mass is 363 g/mol. The lowest BCUT2D eigenvalue weighted by Crippen LogP contribution is -2.13. The summed E-state index contributed by atoms with van der Waals surface area (Å²) in [5.74, 6) is -0.0908. The van der Waals surface area contributed by atoms with Crippen LogP contribution < -0.4 is 5.32 Å². The smallest absolute Gasteiger partial charge is 0.412 e. The Morgan fingerprint density at radius 3 is 2.54 bits per heavy atom. The van der Waals surface area contributed by atoms with Crippen molar-refractivity contribution in [1.82, 2.24) is 9.55 Å². The molecule has 24 heavy (non-hydrogen) atoms. The maximum Gasteiger partial charge on any atom is 0.412 e. The lowest BCUT2D eigenvalue weighted by atomic mass is 10.2. The number of nitrogens with one attached hydrogen (secondary N) is 1. The van der Waals surface area contributed by atoms with E-state index in [1.54, 1.807) is 36.5 Å². The van der Waals surface area contributed by atoms with E-state index in [4.69, 9.17) is 23.2 Å². The number of hydrogen-bond acceptors (Lipinski definition) is 4. The molecule has 0 fully saturated rings. The fourth-order valence-electron chi connectivity index (χ4n) is 2.31. The van der Waals surface area contributed by atoms with E-state index in [1.165, 1.54) is 17.9 Å². The first-order valence-corrected chi connectivity index (χ1v) is 7.58. The first-order chi connectivity index (χ1) is 11.5. The van der Waals surface area contributed by atoms with Gasteiger partial charge in [-0.2, -0.15) is 0 Å². The minimum atomic E-state index is -0.650. The van der Waals surface area contributed by atoms with E-state index in [-0.39, 0.29) is 27.3 Å². The van der Waals surface area contributed by atoms with Crippen LogP contribution in [0.2, 0.25) is 10.0 Å². The van der Waals surface area contributed by atoms with Crippen LogP contribution in [0.4, 0.5) is 10.6 Å². The van der Waals surface area contributed by atoms with Gasteiger partial charge < -0.3 is 4.74 Å². The second-order valence-corrected chi connectivity index (χ2v) is 5.61. The van der Waals surface area contributed by atoms with Gasteiger partial charge in [-0.3, -0.25) is 14.7 Å². The molecule has 1 aromatic carbocycles. The third kappa shape index (κ3) is 2.81. The highest BCUT2D eigenvalue weighted by Gasteiger charge is 2.19. The number of carbonyl (C=O) groups excluding carboxylic acids is 2. The molecule has 2 aromatic heterocycles. The minimum Gasteiger partial charge on any atom is -0.453 e. The Balaban J connectivity index is 2.10. The number of hydrogen-bond donors (Lipinski definition) is 1. The molecular formula is C16H11Cl2N3O3. The van der Waals surface area contributed by atoms with Gasteiger partial charge in [-0.25, -0.2) is 9.78 Å². The summed E-state index contributed by atoms with van der Waals surface area (Å²) in [7, 11) is 1.25. The summed E-state index contributed by atoms with van der Waals surface area (Å²) < 4.78 is 5.95. The number of benzene rings is 1. The molecule has 1 N–H and O–H groups in total. The maximum absolute atomic E-state index is 12.8.